The summed E-state index contributed by atoms with van der Waals surface area (Å²) < 4.78 is 27.7. The summed E-state index contributed by atoms with van der Waals surface area (Å²) in [5.41, 5.74) is 5.97. The molecule has 1 aliphatic rings. The molecule has 2 rings (SSSR count). The first kappa shape index (κ1) is 15.4. The summed E-state index contributed by atoms with van der Waals surface area (Å²) in [6, 6.07) is 3.13. The summed E-state index contributed by atoms with van der Waals surface area (Å²) in [5, 5.41) is 0. The van der Waals surface area contributed by atoms with E-state index in [1.54, 1.807) is 18.3 Å². The van der Waals surface area contributed by atoms with Crippen molar-refractivity contribution in [3.8, 4) is 0 Å². The molecule has 1 fully saturated rings. The Morgan fingerprint density at radius 2 is 2.35 bits per heavy atom. The van der Waals surface area contributed by atoms with Crippen LogP contribution in [0.1, 0.15) is 25.5 Å². The average Bonchev–Trinajstić information content (AvgIpc) is 2.47. The summed E-state index contributed by atoms with van der Waals surface area (Å²) in [6.07, 6.45) is 3.44. The van der Waals surface area contributed by atoms with Gasteiger partial charge in [0, 0.05) is 25.3 Å². The van der Waals surface area contributed by atoms with Crippen LogP contribution in [0.2, 0.25) is 0 Å². The Kier molecular flexibility index (Phi) is 5.09. The largest absolute Gasteiger partial charge is 0.325 e. The van der Waals surface area contributed by atoms with E-state index in [1.807, 2.05) is 0 Å². The third-order valence-electron chi connectivity index (χ3n) is 3.61. The van der Waals surface area contributed by atoms with Crippen molar-refractivity contribution in [2.75, 3.05) is 19.6 Å². The first-order valence-corrected chi connectivity index (χ1v) is 8.43. The van der Waals surface area contributed by atoms with Crippen molar-refractivity contribution < 1.29 is 8.42 Å². The molecule has 0 aliphatic carbocycles. The van der Waals surface area contributed by atoms with Gasteiger partial charge >= 0.3 is 0 Å². The summed E-state index contributed by atoms with van der Waals surface area (Å²) in [5.74, 6) is 0. The molecule has 1 aliphatic heterocycles. The topological polar surface area (TPSA) is 88.3 Å². The molecule has 2 heterocycles. The van der Waals surface area contributed by atoms with Crippen LogP contribution in [0.3, 0.4) is 0 Å². The number of likely N-dealkylation sites (N-methyl/N-ethyl adjacent to an activating group) is 1. The highest BCUT2D eigenvalue weighted by Crippen LogP contribution is 2.16. The predicted molar refractivity (Wildman–Crippen MR) is 77.6 cm³/mol. The molecule has 1 unspecified atom stereocenters. The van der Waals surface area contributed by atoms with Gasteiger partial charge in [-0.1, -0.05) is 6.92 Å². The standard InChI is InChI=1S/C13H22N4O2S/c1-2-17-8-4-5-11(10-17)16-20(18,19)13-6-3-7-15-12(13)9-14/h3,6-7,11,16H,2,4-5,8-10,14H2,1H3. The monoisotopic (exact) mass is 298 g/mol. The summed E-state index contributed by atoms with van der Waals surface area (Å²) in [7, 11) is -3.55. The number of pyridine rings is 1. The Bertz CT molecular complexity index is 547. The van der Waals surface area contributed by atoms with E-state index in [-0.39, 0.29) is 17.5 Å². The quantitative estimate of drug-likeness (QED) is 0.816. The highest BCUT2D eigenvalue weighted by atomic mass is 32.2. The van der Waals surface area contributed by atoms with Crippen LogP contribution >= 0.6 is 0 Å². The second-order valence-corrected chi connectivity index (χ2v) is 6.69. The number of likely N-dealkylation sites (tertiary alicyclic amines) is 1. The van der Waals surface area contributed by atoms with Crippen molar-refractivity contribution in [2.45, 2.75) is 37.2 Å². The smallest absolute Gasteiger partial charge is 0.242 e. The van der Waals surface area contributed by atoms with Crippen molar-refractivity contribution in [1.82, 2.24) is 14.6 Å². The molecule has 20 heavy (non-hydrogen) atoms. The zero-order valence-corrected chi connectivity index (χ0v) is 12.6. The van der Waals surface area contributed by atoms with Crippen LogP contribution in [0, 0.1) is 0 Å². The Labute approximate surface area is 120 Å². The maximum absolute atomic E-state index is 12.4. The number of aromatic nitrogens is 1. The van der Waals surface area contributed by atoms with E-state index in [0.29, 0.717) is 5.69 Å². The van der Waals surface area contributed by atoms with Gasteiger partial charge in [-0.3, -0.25) is 4.98 Å². The van der Waals surface area contributed by atoms with Crippen LogP contribution in [0.4, 0.5) is 0 Å². The predicted octanol–water partition coefficient (Wildman–Crippen LogP) is 0.303. The van der Waals surface area contributed by atoms with Crippen LogP contribution in [0.5, 0.6) is 0 Å². The van der Waals surface area contributed by atoms with E-state index >= 15 is 0 Å². The van der Waals surface area contributed by atoms with Gasteiger partial charge in [-0.25, -0.2) is 13.1 Å². The van der Waals surface area contributed by atoms with E-state index < -0.39 is 10.0 Å². The molecule has 0 saturated carbocycles. The van der Waals surface area contributed by atoms with Crippen molar-refractivity contribution in [3.05, 3.63) is 24.0 Å². The average molecular weight is 298 g/mol. The molecule has 1 aromatic heterocycles. The fraction of sp³-hybridized carbons (Fsp3) is 0.615. The minimum Gasteiger partial charge on any atom is -0.325 e. The lowest BCUT2D eigenvalue weighted by molar-refractivity contribution is 0.211. The van der Waals surface area contributed by atoms with Crippen molar-refractivity contribution in [3.63, 3.8) is 0 Å². The van der Waals surface area contributed by atoms with E-state index in [9.17, 15) is 8.42 Å². The third kappa shape index (κ3) is 3.54. The van der Waals surface area contributed by atoms with Crippen LogP contribution in [-0.4, -0.2) is 44.0 Å². The van der Waals surface area contributed by atoms with Crippen LogP contribution < -0.4 is 10.5 Å². The maximum Gasteiger partial charge on any atom is 0.242 e. The molecule has 1 saturated heterocycles. The lowest BCUT2D eigenvalue weighted by Gasteiger charge is -2.32. The molecule has 1 atom stereocenters. The van der Waals surface area contributed by atoms with Gasteiger partial charge in [-0.15, -0.1) is 0 Å². The molecular formula is C13H22N4O2S. The van der Waals surface area contributed by atoms with Crippen molar-refractivity contribution >= 4 is 10.0 Å². The van der Waals surface area contributed by atoms with Crippen LogP contribution in [0.25, 0.3) is 0 Å². The molecular weight excluding hydrogens is 276 g/mol. The molecule has 6 nitrogen and oxygen atoms in total. The first-order valence-electron chi connectivity index (χ1n) is 6.95. The second kappa shape index (κ2) is 6.62. The molecule has 0 amide bonds. The fourth-order valence-electron chi connectivity index (χ4n) is 2.54. The molecule has 0 radical (unpaired) electrons. The van der Waals surface area contributed by atoms with E-state index in [0.717, 1.165) is 32.5 Å². The Morgan fingerprint density at radius 1 is 1.55 bits per heavy atom. The molecule has 7 heteroatoms. The second-order valence-electron chi connectivity index (χ2n) is 5.01. The van der Waals surface area contributed by atoms with Gasteiger partial charge in [-0.2, -0.15) is 0 Å². The van der Waals surface area contributed by atoms with E-state index in [1.165, 1.54) is 0 Å². The van der Waals surface area contributed by atoms with Gasteiger partial charge < -0.3 is 10.6 Å². The molecule has 1 aromatic rings. The molecule has 112 valence electrons. The number of rotatable bonds is 5. The summed E-state index contributed by atoms with van der Waals surface area (Å²) >= 11 is 0. The van der Waals surface area contributed by atoms with Crippen molar-refractivity contribution in [2.24, 2.45) is 5.73 Å². The van der Waals surface area contributed by atoms with Crippen LogP contribution in [-0.2, 0) is 16.6 Å². The van der Waals surface area contributed by atoms with Gasteiger partial charge in [0.05, 0.1) is 5.69 Å². The number of hydrogen-bond donors (Lipinski definition) is 2. The molecule has 0 spiro atoms. The number of nitrogens with zero attached hydrogens (tertiary/aromatic N) is 2. The van der Waals surface area contributed by atoms with Crippen LogP contribution in [0.15, 0.2) is 23.2 Å². The number of nitrogens with one attached hydrogen (secondary N) is 1. The van der Waals surface area contributed by atoms with Gasteiger partial charge in [0.1, 0.15) is 4.90 Å². The minimum absolute atomic E-state index is 0.0421. The lowest BCUT2D eigenvalue weighted by Crippen LogP contribution is -2.47. The summed E-state index contributed by atoms with van der Waals surface area (Å²) in [4.78, 5) is 6.48. The fourth-order valence-corrected chi connectivity index (χ4v) is 4.01. The molecule has 0 aromatic carbocycles. The Morgan fingerprint density at radius 3 is 3.05 bits per heavy atom. The SMILES string of the molecule is CCN1CCCC(NS(=O)(=O)c2cccnc2CN)C1. The molecule has 0 bridgehead atoms. The van der Waals surface area contributed by atoms with Gasteiger partial charge in [0.25, 0.3) is 0 Å². The van der Waals surface area contributed by atoms with E-state index in [2.05, 4.69) is 21.5 Å². The van der Waals surface area contributed by atoms with Gasteiger partial charge in [0.2, 0.25) is 10.0 Å². The highest BCUT2D eigenvalue weighted by molar-refractivity contribution is 7.89. The zero-order valence-electron chi connectivity index (χ0n) is 11.7. The molecule has 3 N–H and O–H groups in total. The maximum atomic E-state index is 12.4. The third-order valence-corrected chi connectivity index (χ3v) is 5.20. The normalized spacial score (nSPS) is 21.0. The van der Waals surface area contributed by atoms with E-state index in [4.69, 9.17) is 5.73 Å². The Balaban J connectivity index is 2.14. The minimum atomic E-state index is -3.55. The number of hydrogen-bond acceptors (Lipinski definition) is 5. The number of piperidine rings is 1. The number of sulfonamides is 1. The van der Waals surface area contributed by atoms with Gasteiger partial charge in [-0.05, 0) is 38.1 Å². The summed E-state index contributed by atoms with van der Waals surface area (Å²) in [6.45, 7) is 4.94. The number of nitrogens with two attached hydrogens (primary N) is 1. The van der Waals surface area contributed by atoms with Gasteiger partial charge in [0.15, 0.2) is 0 Å². The Hall–Kier alpha value is -1.02. The zero-order chi connectivity index (χ0) is 14.6. The highest BCUT2D eigenvalue weighted by Gasteiger charge is 2.26. The lowest BCUT2D eigenvalue weighted by atomic mass is 10.1. The first-order chi connectivity index (χ1) is 9.56. The van der Waals surface area contributed by atoms with Crippen molar-refractivity contribution in [1.29, 1.82) is 0 Å².